The number of ether oxygens (including phenoxy) is 1. The molecular weight excluding hydrogens is 348 g/mol. The summed E-state index contributed by atoms with van der Waals surface area (Å²) >= 11 is 1.34. The summed E-state index contributed by atoms with van der Waals surface area (Å²) in [5, 5.41) is 3.20. The van der Waals surface area contributed by atoms with Crippen LogP contribution in [0.15, 0.2) is 48.8 Å². The van der Waals surface area contributed by atoms with Crippen LogP contribution in [0.3, 0.4) is 0 Å². The number of amides is 1. The van der Waals surface area contributed by atoms with E-state index in [1.165, 1.54) is 35.9 Å². The quantitative estimate of drug-likeness (QED) is 0.733. The number of hydrogen-bond donors (Lipinski definition) is 1. The number of pyridine rings is 1. The van der Waals surface area contributed by atoms with Crippen LogP contribution in [0.2, 0.25) is 0 Å². The summed E-state index contributed by atoms with van der Waals surface area (Å²) in [7, 11) is 0. The smallest absolute Gasteiger partial charge is 0.387 e. The second kappa shape index (κ2) is 7.35. The molecular formula is C17H13F2N3O2S. The van der Waals surface area contributed by atoms with Gasteiger partial charge in [-0.25, -0.2) is 4.98 Å². The van der Waals surface area contributed by atoms with Crippen molar-refractivity contribution in [3.8, 4) is 17.0 Å². The van der Waals surface area contributed by atoms with Crippen molar-refractivity contribution < 1.29 is 18.3 Å². The lowest BCUT2D eigenvalue weighted by molar-refractivity contribution is -0.0498. The van der Waals surface area contributed by atoms with Gasteiger partial charge in [0.1, 0.15) is 5.75 Å². The number of nitrogens with zero attached hydrogens (tertiary/aromatic N) is 2. The zero-order valence-electron chi connectivity index (χ0n) is 13.1. The number of alkyl halides is 2. The Hall–Kier alpha value is -2.87. The number of anilines is 1. The van der Waals surface area contributed by atoms with Crippen LogP contribution in [0, 0.1) is 6.92 Å². The number of carbonyl (C=O) groups is 1. The molecule has 2 aromatic heterocycles. The number of hydrogen-bond acceptors (Lipinski definition) is 5. The second-order valence-electron chi connectivity index (χ2n) is 5.02. The zero-order valence-corrected chi connectivity index (χ0v) is 13.9. The molecule has 0 radical (unpaired) electrons. The van der Waals surface area contributed by atoms with Crippen LogP contribution in [0.4, 0.5) is 13.9 Å². The minimum absolute atomic E-state index is 0.0813. The van der Waals surface area contributed by atoms with Crippen LogP contribution < -0.4 is 10.1 Å². The summed E-state index contributed by atoms with van der Waals surface area (Å²) in [5.74, 6) is -0.193. The summed E-state index contributed by atoms with van der Waals surface area (Å²) in [6.07, 6.45) is 3.08. The molecule has 0 atom stereocenters. The van der Waals surface area contributed by atoms with Crippen molar-refractivity contribution in [2.24, 2.45) is 0 Å². The van der Waals surface area contributed by atoms with E-state index in [4.69, 9.17) is 0 Å². The maximum Gasteiger partial charge on any atom is 0.387 e. The van der Waals surface area contributed by atoms with Crippen LogP contribution >= 0.6 is 11.3 Å². The van der Waals surface area contributed by atoms with E-state index >= 15 is 0 Å². The number of halogens is 2. The van der Waals surface area contributed by atoms with E-state index in [-0.39, 0.29) is 11.7 Å². The summed E-state index contributed by atoms with van der Waals surface area (Å²) in [6, 6.07) is 9.42. The van der Waals surface area contributed by atoms with Crippen LogP contribution in [0.25, 0.3) is 11.3 Å². The Morgan fingerprint density at radius 3 is 2.48 bits per heavy atom. The molecule has 0 unspecified atom stereocenters. The predicted molar refractivity (Wildman–Crippen MR) is 91.1 cm³/mol. The molecule has 5 nitrogen and oxygen atoms in total. The van der Waals surface area contributed by atoms with Crippen LogP contribution in [0.5, 0.6) is 5.75 Å². The van der Waals surface area contributed by atoms with E-state index in [1.54, 1.807) is 24.3 Å². The van der Waals surface area contributed by atoms with Gasteiger partial charge < -0.3 is 4.74 Å². The summed E-state index contributed by atoms with van der Waals surface area (Å²) < 4.78 is 28.7. The minimum atomic E-state index is -2.86. The first-order valence-corrected chi connectivity index (χ1v) is 8.08. The van der Waals surface area contributed by atoms with E-state index < -0.39 is 6.61 Å². The van der Waals surface area contributed by atoms with Crippen molar-refractivity contribution in [3.05, 3.63) is 59.2 Å². The second-order valence-corrected chi connectivity index (χ2v) is 6.22. The van der Waals surface area contributed by atoms with Gasteiger partial charge in [0.2, 0.25) is 0 Å². The third-order valence-electron chi connectivity index (χ3n) is 3.31. The maximum absolute atomic E-state index is 12.2. The van der Waals surface area contributed by atoms with Gasteiger partial charge >= 0.3 is 6.61 Å². The lowest BCUT2D eigenvalue weighted by atomic mass is 10.1. The van der Waals surface area contributed by atoms with Crippen molar-refractivity contribution in [1.29, 1.82) is 0 Å². The highest BCUT2D eigenvalue weighted by atomic mass is 32.1. The van der Waals surface area contributed by atoms with Crippen molar-refractivity contribution in [2.45, 2.75) is 13.5 Å². The molecule has 0 aliphatic carbocycles. The van der Waals surface area contributed by atoms with E-state index in [0.717, 1.165) is 10.4 Å². The highest BCUT2D eigenvalue weighted by Crippen LogP contribution is 2.31. The van der Waals surface area contributed by atoms with E-state index in [1.807, 2.05) is 6.92 Å². The fraction of sp³-hybridized carbons (Fsp3) is 0.118. The van der Waals surface area contributed by atoms with Gasteiger partial charge in [0.15, 0.2) is 5.13 Å². The monoisotopic (exact) mass is 361 g/mol. The van der Waals surface area contributed by atoms with Crippen molar-refractivity contribution in [1.82, 2.24) is 9.97 Å². The van der Waals surface area contributed by atoms with Crippen molar-refractivity contribution in [2.75, 3.05) is 5.32 Å². The van der Waals surface area contributed by atoms with Gasteiger partial charge in [0.25, 0.3) is 5.91 Å². The molecule has 3 aromatic rings. The van der Waals surface area contributed by atoms with Crippen LogP contribution in [0.1, 0.15) is 15.2 Å². The third-order valence-corrected chi connectivity index (χ3v) is 4.20. The average Bonchev–Trinajstić information content (AvgIpc) is 2.96. The Labute approximate surface area is 146 Å². The third kappa shape index (κ3) is 4.16. The molecule has 1 aromatic carbocycles. The summed E-state index contributed by atoms with van der Waals surface area (Å²) in [5.41, 5.74) is 1.91. The first-order valence-electron chi connectivity index (χ1n) is 7.27. The average molecular weight is 361 g/mol. The molecule has 0 bridgehead atoms. The minimum Gasteiger partial charge on any atom is -0.435 e. The predicted octanol–water partition coefficient (Wildman–Crippen LogP) is 4.37. The molecule has 0 aliphatic heterocycles. The van der Waals surface area contributed by atoms with Gasteiger partial charge in [-0.2, -0.15) is 8.78 Å². The standard InChI is InChI=1S/C17H13F2N3O2S/c1-10-14(11-2-4-13(5-3-11)24-16(18)19)21-17(25-10)22-15(23)12-6-8-20-9-7-12/h2-9,16H,1H3,(H,21,22,23). The number of carbonyl (C=O) groups excluding carboxylic acids is 1. The van der Waals surface area contributed by atoms with Gasteiger partial charge in [-0.05, 0) is 43.3 Å². The Kier molecular flexibility index (Phi) is 4.99. The lowest BCUT2D eigenvalue weighted by Gasteiger charge is -2.05. The van der Waals surface area contributed by atoms with Crippen molar-refractivity contribution in [3.63, 3.8) is 0 Å². The van der Waals surface area contributed by atoms with E-state index in [9.17, 15) is 13.6 Å². The Balaban J connectivity index is 1.77. The highest BCUT2D eigenvalue weighted by molar-refractivity contribution is 7.16. The van der Waals surface area contributed by atoms with Crippen molar-refractivity contribution >= 4 is 22.4 Å². The molecule has 0 aliphatic rings. The number of thiazole rings is 1. The largest absolute Gasteiger partial charge is 0.435 e. The van der Waals surface area contributed by atoms with Gasteiger partial charge in [-0.15, -0.1) is 11.3 Å². The molecule has 2 heterocycles. The van der Waals surface area contributed by atoms with Gasteiger partial charge in [0, 0.05) is 28.4 Å². The molecule has 128 valence electrons. The molecule has 0 saturated heterocycles. The fourth-order valence-electron chi connectivity index (χ4n) is 2.18. The zero-order chi connectivity index (χ0) is 17.8. The molecule has 3 rings (SSSR count). The molecule has 0 spiro atoms. The Bertz CT molecular complexity index is 867. The Morgan fingerprint density at radius 2 is 1.84 bits per heavy atom. The van der Waals surface area contributed by atoms with Crippen LogP contribution in [-0.4, -0.2) is 22.5 Å². The maximum atomic E-state index is 12.2. The first-order chi connectivity index (χ1) is 12.0. The lowest BCUT2D eigenvalue weighted by Crippen LogP contribution is -2.11. The molecule has 8 heteroatoms. The first kappa shape index (κ1) is 17.0. The number of benzene rings is 1. The number of aryl methyl sites for hydroxylation is 1. The summed E-state index contributed by atoms with van der Waals surface area (Å²) in [4.78, 5) is 21.3. The van der Waals surface area contributed by atoms with Gasteiger partial charge in [-0.1, -0.05) is 0 Å². The normalized spacial score (nSPS) is 10.7. The van der Waals surface area contributed by atoms with E-state index in [0.29, 0.717) is 16.4 Å². The molecule has 25 heavy (non-hydrogen) atoms. The fourth-order valence-corrected chi connectivity index (χ4v) is 3.02. The Morgan fingerprint density at radius 1 is 1.16 bits per heavy atom. The number of nitrogens with one attached hydrogen (secondary N) is 1. The van der Waals surface area contributed by atoms with Crippen LogP contribution in [-0.2, 0) is 0 Å². The van der Waals surface area contributed by atoms with Gasteiger partial charge in [0.05, 0.1) is 5.69 Å². The molecule has 0 saturated carbocycles. The molecule has 1 amide bonds. The number of rotatable bonds is 5. The summed E-state index contributed by atoms with van der Waals surface area (Å²) in [6.45, 7) is -0.986. The molecule has 0 fully saturated rings. The topological polar surface area (TPSA) is 64.1 Å². The van der Waals surface area contributed by atoms with E-state index in [2.05, 4.69) is 20.0 Å². The number of aromatic nitrogens is 2. The van der Waals surface area contributed by atoms with Gasteiger partial charge in [-0.3, -0.25) is 15.1 Å². The highest BCUT2D eigenvalue weighted by Gasteiger charge is 2.13. The molecule has 1 N–H and O–H groups in total. The SMILES string of the molecule is Cc1sc(NC(=O)c2ccncc2)nc1-c1ccc(OC(F)F)cc1.